The fourth-order valence-corrected chi connectivity index (χ4v) is 3.42. The quantitative estimate of drug-likeness (QED) is 0.708. The van der Waals surface area contributed by atoms with Gasteiger partial charge in [-0.25, -0.2) is 13.1 Å². The number of ether oxygens (including phenoxy) is 1. The SMILES string of the molecule is CC(=O)N(CCNS(=O)(=O)c1ccc(OC(C)C)cc1)Cc1ccccn1. The van der Waals surface area contributed by atoms with Gasteiger partial charge in [-0.1, -0.05) is 6.07 Å². The number of carbonyl (C=O) groups is 1. The molecule has 1 aromatic carbocycles. The van der Waals surface area contributed by atoms with E-state index in [0.717, 1.165) is 5.69 Å². The zero-order chi connectivity index (χ0) is 19.9. The van der Waals surface area contributed by atoms with Gasteiger partial charge in [0.15, 0.2) is 0 Å². The van der Waals surface area contributed by atoms with Crippen molar-refractivity contribution in [1.29, 1.82) is 0 Å². The van der Waals surface area contributed by atoms with E-state index in [1.165, 1.54) is 19.1 Å². The zero-order valence-electron chi connectivity index (χ0n) is 15.8. The van der Waals surface area contributed by atoms with Gasteiger partial charge in [0.25, 0.3) is 0 Å². The van der Waals surface area contributed by atoms with Gasteiger partial charge in [0.05, 0.1) is 23.2 Å². The molecule has 8 heteroatoms. The lowest BCUT2D eigenvalue weighted by atomic mass is 10.3. The molecule has 0 spiro atoms. The molecule has 0 unspecified atom stereocenters. The molecule has 27 heavy (non-hydrogen) atoms. The van der Waals surface area contributed by atoms with Gasteiger partial charge in [0.1, 0.15) is 5.75 Å². The van der Waals surface area contributed by atoms with E-state index < -0.39 is 10.0 Å². The minimum absolute atomic E-state index is 0.0160. The summed E-state index contributed by atoms with van der Waals surface area (Å²) < 4.78 is 32.9. The minimum atomic E-state index is -3.66. The van der Waals surface area contributed by atoms with Crippen molar-refractivity contribution in [3.63, 3.8) is 0 Å². The third kappa shape index (κ3) is 6.65. The second-order valence-corrected chi connectivity index (χ2v) is 8.06. The minimum Gasteiger partial charge on any atom is -0.491 e. The Hall–Kier alpha value is -2.45. The molecule has 0 atom stereocenters. The normalized spacial score (nSPS) is 11.4. The van der Waals surface area contributed by atoms with E-state index in [1.807, 2.05) is 26.0 Å². The summed E-state index contributed by atoms with van der Waals surface area (Å²) in [4.78, 5) is 17.7. The number of aromatic nitrogens is 1. The molecule has 2 rings (SSSR count). The number of hydrogen-bond acceptors (Lipinski definition) is 5. The van der Waals surface area contributed by atoms with Gasteiger partial charge in [-0.2, -0.15) is 0 Å². The summed E-state index contributed by atoms with van der Waals surface area (Å²) >= 11 is 0. The average Bonchev–Trinajstić information content (AvgIpc) is 2.61. The van der Waals surface area contributed by atoms with Crippen LogP contribution in [0.1, 0.15) is 26.5 Å². The summed E-state index contributed by atoms with van der Waals surface area (Å²) in [5.41, 5.74) is 0.747. The molecular formula is C19H25N3O4S. The molecule has 1 amide bonds. The molecular weight excluding hydrogens is 366 g/mol. The molecule has 0 radical (unpaired) electrons. The second kappa shape index (κ2) is 9.48. The van der Waals surface area contributed by atoms with Crippen LogP contribution in [0.15, 0.2) is 53.6 Å². The fourth-order valence-electron chi connectivity index (χ4n) is 2.40. The van der Waals surface area contributed by atoms with Crippen molar-refractivity contribution >= 4 is 15.9 Å². The number of nitrogens with zero attached hydrogens (tertiary/aromatic N) is 2. The number of amides is 1. The van der Waals surface area contributed by atoms with Gasteiger partial charge in [-0.3, -0.25) is 9.78 Å². The monoisotopic (exact) mass is 391 g/mol. The first-order valence-electron chi connectivity index (χ1n) is 8.70. The summed E-state index contributed by atoms with van der Waals surface area (Å²) in [6, 6.07) is 11.7. The number of sulfonamides is 1. The van der Waals surface area contributed by atoms with E-state index in [0.29, 0.717) is 12.3 Å². The fraction of sp³-hybridized carbons (Fsp3) is 0.368. The Morgan fingerprint density at radius 2 is 1.89 bits per heavy atom. The van der Waals surface area contributed by atoms with Gasteiger partial charge < -0.3 is 9.64 Å². The molecule has 2 aromatic rings. The summed E-state index contributed by atoms with van der Waals surface area (Å²) in [6.45, 7) is 5.94. The van der Waals surface area contributed by atoms with Crippen molar-refractivity contribution in [2.45, 2.75) is 38.3 Å². The van der Waals surface area contributed by atoms with E-state index in [9.17, 15) is 13.2 Å². The van der Waals surface area contributed by atoms with Gasteiger partial charge in [0, 0.05) is 26.2 Å². The lowest BCUT2D eigenvalue weighted by Gasteiger charge is -2.21. The Morgan fingerprint density at radius 3 is 2.44 bits per heavy atom. The Morgan fingerprint density at radius 1 is 1.19 bits per heavy atom. The summed E-state index contributed by atoms with van der Waals surface area (Å²) in [5.74, 6) is 0.470. The first-order valence-corrected chi connectivity index (χ1v) is 10.2. The highest BCUT2D eigenvalue weighted by atomic mass is 32.2. The van der Waals surface area contributed by atoms with Crippen LogP contribution in [0.4, 0.5) is 0 Å². The molecule has 0 aliphatic heterocycles. The molecule has 1 N–H and O–H groups in total. The number of rotatable bonds is 9. The highest BCUT2D eigenvalue weighted by Gasteiger charge is 2.16. The highest BCUT2D eigenvalue weighted by molar-refractivity contribution is 7.89. The number of benzene rings is 1. The molecule has 0 fully saturated rings. The van der Waals surface area contributed by atoms with Crippen molar-refractivity contribution in [1.82, 2.24) is 14.6 Å². The van der Waals surface area contributed by atoms with Gasteiger partial charge in [-0.05, 0) is 50.2 Å². The molecule has 146 valence electrons. The molecule has 0 bridgehead atoms. The van der Waals surface area contributed by atoms with E-state index in [1.54, 1.807) is 29.3 Å². The summed E-state index contributed by atoms with van der Waals surface area (Å²) in [5, 5.41) is 0. The number of pyridine rings is 1. The third-order valence-corrected chi connectivity index (χ3v) is 5.18. The van der Waals surface area contributed by atoms with E-state index >= 15 is 0 Å². The molecule has 1 aromatic heterocycles. The molecule has 0 saturated carbocycles. The van der Waals surface area contributed by atoms with Crippen molar-refractivity contribution in [3.8, 4) is 5.75 Å². The maximum Gasteiger partial charge on any atom is 0.240 e. The third-order valence-electron chi connectivity index (χ3n) is 3.70. The molecule has 1 heterocycles. The van der Waals surface area contributed by atoms with E-state index in [2.05, 4.69) is 9.71 Å². The maximum absolute atomic E-state index is 12.4. The smallest absolute Gasteiger partial charge is 0.240 e. The van der Waals surface area contributed by atoms with Crippen molar-refractivity contribution in [2.24, 2.45) is 0 Å². The van der Waals surface area contributed by atoms with Crippen LogP contribution in [-0.4, -0.2) is 43.4 Å². The predicted octanol–water partition coefficient (Wildman–Crippen LogP) is 2.20. The summed E-state index contributed by atoms with van der Waals surface area (Å²) in [7, 11) is -3.66. The van der Waals surface area contributed by atoms with Gasteiger partial charge in [0.2, 0.25) is 15.9 Å². The standard InChI is InChI=1S/C19H25N3O4S/c1-15(2)26-18-7-9-19(10-8-18)27(24,25)21-12-13-22(16(3)23)14-17-6-4-5-11-20-17/h4-11,15,21H,12-14H2,1-3H3. The number of carbonyl (C=O) groups excluding carboxylic acids is 1. The van der Waals surface area contributed by atoms with Gasteiger partial charge >= 0.3 is 0 Å². The molecule has 0 aliphatic carbocycles. The van der Waals surface area contributed by atoms with Crippen LogP contribution >= 0.6 is 0 Å². The van der Waals surface area contributed by atoms with E-state index in [-0.39, 0.29) is 30.0 Å². The number of hydrogen-bond donors (Lipinski definition) is 1. The van der Waals surface area contributed by atoms with Crippen molar-refractivity contribution in [3.05, 3.63) is 54.4 Å². The largest absolute Gasteiger partial charge is 0.491 e. The average molecular weight is 391 g/mol. The Kier molecular flexibility index (Phi) is 7.32. The van der Waals surface area contributed by atoms with Crippen LogP contribution in [0.25, 0.3) is 0 Å². The number of nitrogens with one attached hydrogen (secondary N) is 1. The van der Waals surface area contributed by atoms with Crippen LogP contribution in [0, 0.1) is 0 Å². The first kappa shape index (κ1) is 20.9. The molecule has 0 saturated heterocycles. The predicted molar refractivity (Wildman–Crippen MR) is 103 cm³/mol. The highest BCUT2D eigenvalue weighted by Crippen LogP contribution is 2.17. The van der Waals surface area contributed by atoms with Crippen LogP contribution in [-0.2, 0) is 21.4 Å². The van der Waals surface area contributed by atoms with Crippen molar-refractivity contribution in [2.75, 3.05) is 13.1 Å². The summed E-state index contributed by atoms with van der Waals surface area (Å²) in [6.07, 6.45) is 1.67. The molecule has 7 nitrogen and oxygen atoms in total. The maximum atomic E-state index is 12.4. The lowest BCUT2D eigenvalue weighted by molar-refractivity contribution is -0.129. The lowest BCUT2D eigenvalue weighted by Crippen LogP contribution is -2.37. The van der Waals surface area contributed by atoms with Crippen LogP contribution in [0.3, 0.4) is 0 Å². The van der Waals surface area contributed by atoms with Crippen LogP contribution in [0.2, 0.25) is 0 Å². The second-order valence-electron chi connectivity index (χ2n) is 6.30. The van der Waals surface area contributed by atoms with Crippen LogP contribution < -0.4 is 9.46 Å². The van der Waals surface area contributed by atoms with Crippen molar-refractivity contribution < 1.29 is 17.9 Å². The first-order chi connectivity index (χ1) is 12.8. The van der Waals surface area contributed by atoms with Crippen LogP contribution in [0.5, 0.6) is 5.75 Å². The Balaban J connectivity index is 1.94. The Bertz CT molecular complexity index is 837. The Labute approximate surface area is 160 Å². The zero-order valence-corrected chi connectivity index (χ0v) is 16.6. The topological polar surface area (TPSA) is 88.6 Å². The molecule has 0 aliphatic rings. The van der Waals surface area contributed by atoms with E-state index in [4.69, 9.17) is 4.74 Å². The van der Waals surface area contributed by atoms with Gasteiger partial charge in [-0.15, -0.1) is 0 Å².